The second-order valence-corrected chi connectivity index (χ2v) is 7.65. The van der Waals surface area contributed by atoms with E-state index in [1.54, 1.807) is 0 Å². The molecule has 1 aliphatic rings. The van der Waals surface area contributed by atoms with Crippen LogP contribution in [-0.4, -0.2) is 22.2 Å². The molecule has 0 aliphatic carbocycles. The van der Waals surface area contributed by atoms with Crippen LogP contribution in [0.1, 0.15) is 83.1 Å². The van der Waals surface area contributed by atoms with Crippen molar-refractivity contribution in [2.75, 3.05) is 0 Å². The second kappa shape index (κ2) is 11.3. The van der Waals surface area contributed by atoms with Crippen molar-refractivity contribution >= 4 is 5.91 Å². The number of amides is 1. The number of hydroxylamine groups is 2. The van der Waals surface area contributed by atoms with Crippen molar-refractivity contribution in [3.8, 4) is 0 Å². The van der Waals surface area contributed by atoms with E-state index in [2.05, 4.69) is 31.2 Å². The zero-order valence-corrected chi connectivity index (χ0v) is 15.8. The Labute approximate surface area is 153 Å². The van der Waals surface area contributed by atoms with Crippen LogP contribution in [0.4, 0.5) is 0 Å². The van der Waals surface area contributed by atoms with E-state index in [9.17, 15) is 10.0 Å². The third-order valence-corrected chi connectivity index (χ3v) is 5.43. The highest BCUT2D eigenvalue weighted by Gasteiger charge is 2.32. The van der Waals surface area contributed by atoms with Gasteiger partial charge in [0.05, 0.1) is 6.04 Å². The van der Waals surface area contributed by atoms with Gasteiger partial charge in [-0.15, -0.1) is 0 Å². The molecule has 3 heteroatoms. The molecule has 1 amide bonds. The highest BCUT2D eigenvalue weighted by molar-refractivity contribution is 5.76. The Morgan fingerprint density at radius 2 is 1.64 bits per heavy atom. The Hall–Kier alpha value is -1.35. The van der Waals surface area contributed by atoms with E-state index in [4.69, 9.17) is 0 Å². The van der Waals surface area contributed by atoms with E-state index in [0.29, 0.717) is 12.3 Å². The largest absolute Gasteiger partial charge is 0.286 e. The summed E-state index contributed by atoms with van der Waals surface area (Å²) in [6, 6.07) is 10.4. The van der Waals surface area contributed by atoms with Gasteiger partial charge in [-0.1, -0.05) is 88.6 Å². The van der Waals surface area contributed by atoms with E-state index >= 15 is 0 Å². The maximum absolute atomic E-state index is 12.1. The molecule has 0 spiro atoms. The quantitative estimate of drug-likeness (QED) is 0.409. The maximum Gasteiger partial charge on any atom is 0.246 e. The van der Waals surface area contributed by atoms with Crippen molar-refractivity contribution in [1.29, 1.82) is 0 Å². The lowest BCUT2D eigenvalue weighted by atomic mass is 9.85. The Morgan fingerprint density at radius 3 is 2.32 bits per heavy atom. The first-order chi connectivity index (χ1) is 12.2. The Morgan fingerprint density at radius 1 is 1.00 bits per heavy atom. The van der Waals surface area contributed by atoms with Crippen molar-refractivity contribution < 1.29 is 10.0 Å². The molecule has 1 aromatic rings. The summed E-state index contributed by atoms with van der Waals surface area (Å²) >= 11 is 0. The molecule has 1 N–H and O–H groups in total. The summed E-state index contributed by atoms with van der Waals surface area (Å²) < 4.78 is 0. The van der Waals surface area contributed by atoms with E-state index < -0.39 is 0 Å². The molecule has 1 aliphatic heterocycles. The van der Waals surface area contributed by atoms with Gasteiger partial charge in [-0.3, -0.25) is 10.0 Å². The van der Waals surface area contributed by atoms with Crippen LogP contribution in [0.5, 0.6) is 0 Å². The van der Waals surface area contributed by atoms with Crippen molar-refractivity contribution in [2.45, 2.75) is 90.0 Å². The van der Waals surface area contributed by atoms with Crippen LogP contribution in [0.15, 0.2) is 30.3 Å². The number of unbranched alkanes of at least 4 members (excludes halogenated alkanes) is 7. The molecule has 2 rings (SSSR count). The van der Waals surface area contributed by atoms with E-state index in [0.717, 1.165) is 30.7 Å². The fourth-order valence-corrected chi connectivity index (χ4v) is 3.97. The third-order valence-electron chi connectivity index (χ3n) is 5.43. The molecular weight excluding hydrogens is 310 g/mol. The van der Waals surface area contributed by atoms with Gasteiger partial charge >= 0.3 is 0 Å². The first-order valence-electron chi connectivity index (χ1n) is 10.3. The molecule has 0 saturated carbocycles. The average Bonchev–Trinajstić information content (AvgIpc) is 2.62. The molecule has 25 heavy (non-hydrogen) atoms. The smallest absolute Gasteiger partial charge is 0.246 e. The molecule has 2 atom stereocenters. The van der Waals surface area contributed by atoms with Crippen LogP contribution in [0.3, 0.4) is 0 Å². The summed E-state index contributed by atoms with van der Waals surface area (Å²) in [5, 5.41) is 11.1. The van der Waals surface area contributed by atoms with Crippen molar-refractivity contribution in [2.24, 2.45) is 5.92 Å². The summed E-state index contributed by atoms with van der Waals surface area (Å²) in [5.74, 6) is 0.258. The minimum Gasteiger partial charge on any atom is -0.286 e. The maximum atomic E-state index is 12.1. The third kappa shape index (κ3) is 7.19. The molecule has 0 bridgehead atoms. The van der Waals surface area contributed by atoms with Crippen LogP contribution < -0.4 is 0 Å². The predicted molar refractivity (Wildman–Crippen MR) is 103 cm³/mol. The fraction of sp³-hybridized carbons (Fsp3) is 0.682. The van der Waals surface area contributed by atoms with Gasteiger partial charge in [-0.05, 0) is 30.7 Å². The SMILES string of the molecule is CCCCCCCCCC[C@@H]1C[C@@H](Cc2ccccc2)CC(=O)N1O. The molecule has 140 valence electrons. The van der Waals surface area contributed by atoms with Gasteiger partial charge in [0.15, 0.2) is 0 Å². The van der Waals surface area contributed by atoms with E-state index in [1.165, 1.54) is 50.5 Å². The second-order valence-electron chi connectivity index (χ2n) is 7.65. The van der Waals surface area contributed by atoms with Crippen LogP contribution >= 0.6 is 0 Å². The number of piperidine rings is 1. The molecular formula is C22H35NO2. The van der Waals surface area contributed by atoms with Crippen LogP contribution in [0.25, 0.3) is 0 Å². The number of nitrogens with zero attached hydrogens (tertiary/aromatic N) is 1. The molecule has 1 saturated heterocycles. The van der Waals surface area contributed by atoms with E-state index in [1.807, 2.05) is 6.07 Å². The normalized spacial score (nSPS) is 20.9. The van der Waals surface area contributed by atoms with Gasteiger partial charge in [-0.25, -0.2) is 5.06 Å². The minimum atomic E-state index is -0.100. The summed E-state index contributed by atoms with van der Waals surface area (Å²) in [6.45, 7) is 2.25. The summed E-state index contributed by atoms with van der Waals surface area (Å²) in [5.41, 5.74) is 1.29. The highest BCUT2D eigenvalue weighted by atomic mass is 16.5. The fourth-order valence-electron chi connectivity index (χ4n) is 3.97. The van der Waals surface area contributed by atoms with Crippen LogP contribution in [0.2, 0.25) is 0 Å². The number of rotatable bonds is 11. The van der Waals surface area contributed by atoms with Crippen molar-refractivity contribution in [3.63, 3.8) is 0 Å². The number of hydrogen-bond acceptors (Lipinski definition) is 2. The zero-order chi connectivity index (χ0) is 17.9. The standard InChI is InChI=1S/C22H35NO2/c1-2-3-4-5-6-7-8-12-15-21-17-20(18-22(24)23(21)25)16-19-13-10-9-11-14-19/h9-11,13-14,20-21,25H,2-8,12,15-18H2,1H3/t20-,21-/m1/s1. The van der Waals surface area contributed by atoms with Crippen LogP contribution in [-0.2, 0) is 11.2 Å². The van der Waals surface area contributed by atoms with E-state index in [-0.39, 0.29) is 11.9 Å². The number of carbonyl (C=O) groups is 1. The van der Waals surface area contributed by atoms with Gasteiger partial charge < -0.3 is 0 Å². The minimum absolute atomic E-state index is 0.00931. The lowest BCUT2D eigenvalue weighted by Crippen LogP contribution is -2.44. The van der Waals surface area contributed by atoms with Gasteiger partial charge in [0.25, 0.3) is 0 Å². The van der Waals surface area contributed by atoms with Crippen molar-refractivity contribution in [1.82, 2.24) is 5.06 Å². The molecule has 0 radical (unpaired) electrons. The first-order valence-corrected chi connectivity index (χ1v) is 10.3. The lowest BCUT2D eigenvalue weighted by Gasteiger charge is -2.35. The first kappa shape index (κ1) is 20.0. The summed E-state index contributed by atoms with van der Waals surface area (Å²) in [6.07, 6.45) is 13.6. The molecule has 1 aromatic carbocycles. The number of carbonyl (C=O) groups excluding carboxylic acids is 1. The Kier molecular flexibility index (Phi) is 9.03. The number of hydrogen-bond donors (Lipinski definition) is 1. The van der Waals surface area contributed by atoms with Gasteiger partial charge in [0, 0.05) is 6.42 Å². The van der Waals surface area contributed by atoms with Crippen LogP contribution in [0, 0.1) is 5.92 Å². The van der Waals surface area contributed by atoms with Gasteiger partial charge in [-0.2, -0.15) is 0 Å². The molecule has 1 fully saturated rings. The number of benzene rings is 1. The summed E-state index contributed by atoms with van der Waals surface area (Å²) in [4.78, 5) is 12.1. The lowest BCUT2D eigenvalue weighted by molar-refractivity contribution is -0.186. The average molecular weight is 346 g/mol. The molecule has 1 heterocycles. The Bertz CT molecular complexity index is 488. The highest BCUT2D eigenvalue weighted by Crippen LogP contribution is 2.28. The molecule has 0 unspecified atom stereocenters. The monoisotopic (exact) mass is 345 g/mol. The molecule has 0 aromatic heterocycles. The topological polar surface area (TPSA) is 40.5 Å². The molecule has 3 nitrogen and oxygen atoms in total. The van der Waals surface area contributed by atoms with Gasteiger partial charge in [0.2, 0.25) is 5.91 Å². The predicted octanol–water partition coefficient (Wildman–Crippen LogP) is 5.76. The Balaban J connectivity index is 1.68. The zero-order valence-electron chi connectivity index (χ0n) is 15.8. The van der Waals surface area contributed by atoms with Crippen molar-refractivity contribution in [3.05, 3.63) is 35.9 Å². The summed E-state index contributed by atoms with van der Waals surface area (Å²) in [7, 11) is 0. The van der Waals surface area contributed by atoms with Gasteiger partial charge in [0.1, 0.15) is 0 Å².